The molecular weight excluding hydrogens is 350 g/mol. The van der Waals surface area contributed by atoms with Crippen molar-refractivity contribution in [3.8, 4) is 17.0 Å². The normalized spacial score (nSPS) is 19.9. The van der Waals surface area contributed by atoms with Gasteiger partial charge in [-0.3, -0.25) is 4.99 Å². The number of nitrogens with zero attached hydrogens (tertiary/aromatic N) is 2. The van der Waals surface area contributed by atoms with E-state index in [9.17, 15) is 22.7 Å². The second kappa shape index (κ2) is 6.59. The van der Waals surface area contributed by atoms with Crippen molar-refractivity contribution in [3.05, 3.63) is 41.0 Å². The summed E-state index contributed by atoms with van der Waals surface area (Å²) >= 11 is 0. The van der Waals surface area contributed by atoms with E-state index in [1.807, 2.05) is 0 Å². The molecule has 1 aromatic carbocycles. The van der Waals surface area contributed by atoms with Crippen LogP contribution in [0.25, 0.3) is 11.3 Å². The summed E-state index contributed by atoms with van der Waals surface area (Å²) in [5.74, 6) is -0.433. The Hall–Kier alpha value is -2.64. The quantitative estimate of drug-likeness (QED) is 0.630. The summed E-state index contributed by atoms with van der Waals surface area (Å²) in [6, 6.07) is 4.77. The molecule has 3 rings (SSSR count). The van der Waals surface area contributed by atoms with Gasteiger partial charge in [-0.15, -0.1) is 0 Å². The molecule has 1 saturated carbocycles. The maximum absolute atomic E-state index is 12.8. The van der Waals surface area contributed by atoms with Gasteiger partial charge in [0.15, 0.2) is 0 Å². The number of aromatic hydroxyl groups is 1. The van der Waals surface area contributed by atoms with Gasteiger partial charge in [-0.05, 0) is 43.2 Å². The Labute approximate surface area is 147 Å². The number of hydrogen-bond donors (Lipinski definition) is 2. The number of aryl methyl sites for hydroxylation is 1. The number of benzene rings is 1. The molecule has 8 heteroatoms. The topological polar surface area (TPSA) is 71.5 Å². The van der Waals surface area contributed by atoms with Gasteiger partial charge < -0.3 is 10.8 Å². The van der Waals surface area contributed by atoms with Crippen molar-refractivity contribution in [2.24, 2.45) is 10.9 Å². The Morgan fingerprint density at radius 2 is 2.04 bits per heavy atom. The monoisotopic (exact) mass is 367 g/mol. The summed E-state index contributed by atoms with van der Waals surface area (Å²) in [4.78, 5) is 8.29. The van der Waals surface area contributed by atoms with Crippen molar-refractivity contribution >= 4 is 12.0 Å². The zero-order valence-corrected chi connectivity index (χ0v) is 13.9. The molecule has 4 nitrogen and oxygen atoms in total. The smallest absolute Gasteiger partial charge is 0.416 e. The lowest BCUT2D eigenvalue weighted by molar-refractivity contribution is -0.137. The minimum absolute atomic E-state index is 0.0357. The lowest BCUT2D eigenvalue weighted by Gasteiger charge is -2.13. The first kappa shape index (κ1) is 18.2. The third-order valence-electron chi connectivity index (χ3n) is 4.26. The number of halogens is 4. The summed E-state index contributed by atoms with van der Waals surface area (Å²) < 4.78 is 51.2. The molecule has 2 aromatic rings. The van der Waals surface area contributed by atoms with Crippen molar-refractivity contribution in [2.45, 2.75) is 25.7 Å². The molecule has 0 saturated heterocycles. The number of aromatic nitrogens is 1. The van der Waals surface area contributed by atoms with Crippen molar-refractivity contribution < 1.29 is 22.7 Å². The SMILES string of the molecule is Cc1cc(C(F)(F)F)cc(O)c1-c1ccc(C=NC[C@@H]2C[C@@H]2F)c(N)n1. The average molecular weight is 367 g/mol. The number of nitrogens with two attached hydrogens (primary N) is 1. The van der Waals surface area contributed by atoms with E-state index in [0.29, 0.717) is 24.6 Å². The van der Waals surface area contributed by atoms with Crippen LogP contribution in [-0.2, 0) is 6.18 Å². The number of aliphatic imine (C=N–C) groups is 1. The third kappa shape index (κ3) is 3.79. The molecule has 138 valence electrons. The van der Waals surface area contributed by atoms with Crippen LogP contribution in [0, 0.1) is 12.8 Å². The van der Waals surface area contributed by atoms with E-state index >= 15 is 0 Å². The zero-order chi connectivity index (χ0) is 19.1. The summed E-state index contributed by atoms with van der Waals surface area (Å²) in [7, 11) is 0. The fraction of sp³-hybridized carbons (Fsp3) is 0.333. The van der Waals surface area contributed by atoms with Crippen LogP contribution in [0.3, 0.4) is 0 Å². The predicted octanol–water partition coefficient (Wildman–Crippen LogP) is 4.14. The number of nitrogen functional groups attached to an aromatic ring is 1. The Morgan fingerprint density at radius 1 is 1.35 bits per heavy atom. The molecule has 0 amide bonds. The van der Waals surface area contributed by atoms with Crippen molar-refractivity contribution in [1.29, 1.82) is 0 Å². The number of phenols is 1. The number of alkyl halides is 4. The largest absolute Gasteiger partial charge is 0.507 e. The van der Waals surface area contributed by atoms with E-state index < -0.39 is 23.7 Å². The van der Waals surface area contributed by atoms with E-state index in [0.717, 1.165) is 6.07 Å². The molecule has 3 N–H and O–H groups in total. The molecule has 0 spiro atoms. The van der Waals surface area contributed by atoms with Crippen LogP contribution in [0.5, 0.6) is 5.75 Å². The molecule has 1 aliphatic rings. The predicted molar refractivity (Wildman–Crippen MR) is 91.0 cm³/mol. The fourth-order valence-electron chi connectivity index (χ4n) is 2.69. The van der Waals surface area contributed by atoms with E-state index in [-0.39, 0.29) is 28.6 Å². The highest BCUT2D eigenvalue weighted by Crippen LogP contribution is 2.38. The van der Waals surface area contributed by atoms with Crippen LogP contribution < -0.4 is 5.73 Å². The molecule has 1 heterocycles. The van der Waals surface area contributed by atoms with Gasteiger partial charge in [0, 0.05) is 29.8 Å². The minimum Gasteiger partial charge on any atom is -0.507 e. The van der Waals surface area contributed by atoms with Gasteiger partial charge in [0.2, 0.25) is 0 Å². The molecule has 0 bridgehead atoms. The summed E-state index contributed by atoms with van der Waals surface area (Å²) in [5.41, 5.74) is 6.15. The van der Waals surface area contributed by atoms with Crippen molar-refractivity contribution in [1.82, 2.24) is 4.98 Å². The molecule has 2 atom stereocenters. The number of anilines is 1. The summed E-state index contributed by atoms with van der Waals surface area (Å²) in [6.45, 7) is 1.84. The Morgan fingerprint density at radius 3 is 2.58 bits per heavy atom. The number of phenolic OH excluding ortho intramolecular Hbond substituents is 1. The second-order valence-electron chi connectivity index (χ2n) is 6.36. The summed E-state index contributed by atoms with van der Waals surface area (Å²) in [5, 5.41) is 10.0. The van der Waals surface area contributed by atoms with E-state index in [1.165, 1.54) is 13.1 Å². The Bertz CT molecular complexity index is 841. The highest BCUT2D eigenvalue weighted by atomic mass is 19.4. The Kier molecular flexibility index (Phi) is 4.60. The number of hydrogen-bond acceptors (Lipinski definition) is 4. The fourth-order valence-corrected chi connectivity index (χ4v) is 2.69. The third-order valence-corrected chi connectivity index (χ3v) is 4.26. The van der Waals surface area contributed by atoms with Crippen molar-refractivity contribution in [2.75, 3.05) is 12.3 Å². The van der Waals surface area contributed by atoms with Gasteiger partial charge in [0.25, 0.3) is 0 Å². The molecule has 1 fully saturated rings. The maximum Gasteiger partial charge on any atom is 0.416 e. The zero-order valence-electron chi connectivity index (χ0n) is 13.9. The molecule has 1 aliphatic carbocycles. The first-order chi connectivity index (χ1) is 12.2. The van der Waals surface area contributed by atoms with Crippen LogP contribution in [0.2, 0.25) is 0 Å². The van der Waals surface area contributed by atoms with E-state index in [1.54, 1.807) is 12.1 Å². The van der Waals surface area contributed by atoms with Gasteiger partial charge in [0.1, 0.15) is 17.7 Å². The van der Waals surface area contributed by atoms with Gasteiger partial charge in [-0.2, -0.15) is 13.2 Å². The van der Waals surface area contributed by atoms with Crippen LogP contribution in [0.4, 0.5) is 23.4 Å². The van der Waals surface area contributed by atoms with Gasteiger partial charge >= 0.3 is 6.18 Å². The van der Waals surface area contributed by atoms with E-state index in [4.69, 9.17) is 5.73 Å². The lowest BCUT2D eigenvalue weighted by Crippen LogP contribution is -2.06. The van der Waals surface area contributed by atoms with Gasteiger partial charge in [-0.1, -0.05) is 0 Å². The highest BCUT2D eigenvalue weighted by Gasteiger charge is 2.36. The van der Waals surface area contributed by atoms with Crippen LogP contribution in [0.1, 0.15) is 23.1 Å². The molecule has 0 radical (unpaired) electrons. The standard InChI is InChI=1S/C18H17F4N3O/c1-9-4-12(18(20,21)22)6-15(26)16(9)14-3-2-10(17(23)25-14)7-24-8-11-5-13(11)19/h2-4,6-7,11,13,26H,5,8H2,1H3,(H2,23,25)/t11-,13-/m0/s1. The molecule has 0 aliphatic heterocycles. The molecular formula is C18H17F4N3O. The highest BCUT2D eigenvalue weighted by molar-refractivity contribution is 5.87. The number of rotatable bonds is 4. The number of pyridine rings is 1. The average Bonchev–Trinajstić information content (AvgIpc) is 3.23. The molecule has 0 unspecified atom stereocenters. The van der Waals surface area contributed by atoms with Crippen LogP contribution in [0.15, 0.2) is 29.3 Å². The van der Waals surface area contributed by atoms with E-state index in [2.05, 4.69) is 9.98 Å². The van der Waals surface area contributed by atoms with Crippen molar-refractivity contribution in [3.63, 3.8) is 0 Å². The maximum atomic E-state index is 12.8. The first-order valence-electron chi connectivity index (χ1n) is 7.98. The minimum atomic E-state index is -4.55. The second-order valence-corrected chi connectivity index (χ2v) is 6.36. The van der Waals surface area contributed by atoms with Crippen LogP contribution >= 0.6 is 0 Å². The van der Waals surface area contributed by atoms with Crippen LogP contribution in [-0.4, -0.2) is 29.0 Å². The molecule has 26 heavy (non-hydrogen) atoms. The Balaban J connectivity index is 1.87. The lowest BCUT2D eigenvalue weighted by atomic mass is 10.00. The molecule has 1 aromatic heterocycles. The first-order valence-corrected chi connectivity index (χ1v) is 7.98. The van der Waals surface area contributed by atoms with Gasteiger partial charge in [-0.25, -0.2) is 9.37 Å². The summed E-state index contributed by atoms with van der Waals surface area (Å²) in [6.07, 6.45) is -3.31. The van der Waals surface area contributed by atoms with Gasteiger partial charge in [0.05, 0.1) is 11.3 Å².